The highest BCUT2D eigenvalue weighted by Gasteiger charge is 2.04. The zero-order chi connectivity index (χ0) is 9.10. The number of thioether (sulfide) groups is 1. The van der Waals surface area contributed by atoms with E-state index >= 15 is 0 Å². The minimum Gasteiger partial charge on any atom is -0.440 e. The van der Waals surface area contributed by atoms with Gasteiger partial charge in [0.1, 0.15) is 6.26 Å². The van der Waals surface area contributed by atoms with Crippen LogP contribution in [0.25, 0.3) is 0 Å². The van der Waals surface area contributed by atoms with Gasteiger partial charge in [-0.2, -0.15) is 0 Å². The van der Waals surface area contributed by atoms with E-state index in [1.807, 2.05) is 11.4 Å². The Bertz CT molecular complexity index is 371. The highest BCUT2D eigenvalue weighted by atomic mass is 35.5. The lowest BCUT2D eigenvalue weighted by atomic mass is 10.5. The largest absolute Gasteiger partial charge is 0.440 e. The van der Waals surface area contributed by atoms with E-state index in [1.165, 1.54) is 0 Å². The van der Waals surface area contributed by atoms with Crippen LogP contribution in [0.5, 0.6) is 0 Å². The topological polar surface area (TPSA) is 26.0 Å². The lowest BCUT2D eigenvalue weighted by Crippen LogP contribution is -1.74. The fourth-order valence-electron chi connectivity index (χ4n) is 0.837. The predicted molar refractivity (Wildman–Crippen MR) is 55.4 cm³/mol. The number of aromatic nitrogens is 1. The maximum atomic E-state index is 5.93. The molecule has 0 amide bonds. The summed E-state index contributed by atoms with van der Waals surface area (Å²) in [6.45, 7) is 0. The fourth-order valence-corrected chi connectivity index (χ4v) is 2.92. The molecule has 0 atom stereocenters. The molecule has 0 spiro atoms. The van der Waals surface area contributed by atoms with Crippen molar-refractivity contribution in [1.29, 1.82) is 0 Å². The normalized spacial score (nSPS) is 10.5. The Balaban J connectivity index is 1.97. The first-order valence-corrected chi connectivity index (χ1v) is 5.85. The van der Waals surface area contributed by atoms with E-state index in [0.717, 1.165) is 15.7 Å². The zero-order valence-electron chi connectivity index (χ0n) is 6.57. The van der Waals surface area contributed by atoms with Gasteiger partial charge < -0.3 is 4.42 Å². The molecule has 0 aliphatic heterocycles. The van der Waals surface area contributed by atoms with Gasteiger partial charge in [0.05, 0.1) is 11.2 Å². The lowest BCUT2D eigenvalue weighted by Gasteiger charge is -1.93. The monoisotopic (exact) mass is 231 g/mol. The van der Waals surface area contributed by atoms with Gasteiger partial charge in [-0.25, -0.2) is 4.98 Å². The number of hydrogen-bond acceptors (Lipinski definition) is 4. The van der Waals surface area contributed by atoms with E-state index in [1.54, 1.807) is 35.6 Å². The molecule has 0 saturated heterocycles. The Morgan fingerprint density at radius 1 is 1.62 bits per heavy atom. The first-order valence-electron chi connectivity index (χ1n) is 3.60. The number of oxazole rings is 1. The second-order valence-corrected chi connectivity index (χ2v) is 4.61. The summed E-state index contributed by atoms with van der Waals surface area (Å²) in [7, 11) is 0. The third kappa shape index (κ3) is 2.27. The Kier molecular flexibility index (Phi) is 2.93. The number of thiophene rings is 1. The minimum atomic E-state index is 0.685. The molecule has 2 aromatic heterocycles. The molecule has 0 aliphatic rings. The smallest absolute Gasteiger partial charge is 0.255 e. The van der Waals surface area contributed by atoms with E-state index in [0.29, 0.717) is 5.22 Å². The van der Waals surface area contributed by atoms with E-state index in [4.69, 9.17) is 16.0 Å². The summed E-state index contributed by atoms with van der Waals surface area (Å²) < 4.78 is 5.09. The van der Waals surface area contributed by atoms with E-state index < -0.39 is 0 Å². The highest BCUT2D eigenvalue weighted by molar-refractivity contribution is 7.98. The molecule has 2 aromatic rings. The van der Waals surface area contributed by atoms with Gasteiger partial charge in [0, 0.05) is 10.6 Å². The summed E-state index contributed by atoms with van der Waals surface area (Å²) >= 11 is 9.12. The van der Waals surface area contributed by atoms with Crippen LogP contribution in [0.3, 0.4) is 0 Å². The van der Waals surface area contributed by atoms with Crippen molar-refractivity contribution in [3.05, 3.63) is 33.8 Å². The Hall–Kier alpha value is -0.450. The number of nitrogens with zero attached hydrogens (tertiary/aromatic N) is 1. The molecule has 0 fully saturated rings. The van der Waals surface area contributed by atoms with Crippen LogP contribution in [0.15, 0.2) is 33.5 Å². The van der Waals surface area contributed by atoms with Gasteiger partial charge in [0.15, 0.2) is 0 Å². The molecular weight excluding hydrogens is 226 g/mol. The summed E-state index contributed by atoms with van der Waals surface area (Å²) in [6, 6.07) is 1.90. The second-order valence-electron chi connectivity index (χ2n) is 2.28. The zero-order valence-corrected chi connectivity index (χ0v) is 8.96. The van der Waals surface area contributed by atoms with E-state index in [-0.39, 0.29) is 0 Å². The van der Waals surface area contributed by atoms with Crippen molar-refractivity contribution in [3.63, 3.8) is 0 Å². The fraction of sp³-hybridized carbons (Fsp3) is 0.125. The van der Waals surface area contributed by atoms with Gasteiger partial charge in [-0.05, 0) is 11.4 Å². The Morgan fingerprint density at radius 2 is 2.54 bits per heavy atom. The molecule has 0 aromatic carbocycles. The summed E-state index contributed by atoms with van der Waals surface area (Å²) in [5.74, 6) is 0.816. The average molecular weight is 232 g/mol. The molecule has 0 radical (unpaired) electrons. The first-order chi connectivity index (χ1) is 6.36. The molecule has 13 heavy (non-hydrogen) atoms. The molecule has 5 heteroatoms. The van der Waals surface area contributed by atoms with Gasteiger partial charge in [0.2, 0.25) is 0 Å². The molecule has 0 bridgehead atoms. The predicted octanol–water partition coefficient (Wildman–Crippen LogP) is 3.68. The van der Waals surface area contributed by atoms with Gasteiger partial charge >= 0.3 is 0 Å². The standard InChI is InChI=1S/C8H6ClNOS2/c9-6-1-4-12-7(6)5-13-8-10-2-3-11-8/h1-4H,5H2. The molecule has 2 nitrogen and oxygen atoms in total. The molecular formula is C8H6ClNOS2. The quantitative estimate of drug-likeness (QED) is 0.754. The molecule has 0 aliphatic carbocycles. The number of halogens is 1. The second kappa shape index (κ2) is 4.17. The molecule has 0 unspecified atom stereocenters. The summed E-state index contributed by atoms with van der Waals surface area (Å²) in [6.07, 6.45) is 3.21. The SMILES string of the molecule is Clc1ccsc1CSc1ncco1. The van der Waals surface area contributed by atoms with Crippen molar-refractivity contribution >= 4 is 34.7 Å². The summed E-state index contributed by atoms with van der Waals surface area (Å²) in [5.41, 5.74) is 0. The first kappa shape index (κ1) is 9.12. The maximum Gasteiger partial charge on any atom is 0.255 e. The van der Waals surface area contributed by atoms with Gasteiger partial charge in [-0.3, -0.25) is 0 Å². The molecule has 0 saturated carbocycles. The van der Waals surface area contributed by atoms with Gasteiger partial charge in [0.25, 0.3) is 5.22 Å². The molecule has 2 rings (SSSR count). The third-order valence-corrected chi connectivity index (χ3v) is 3.88. The van der Waals surface area contributed by atoms with Crippen molar-refractivity contribution in [2.45, 2.75) is 11.0 Å². The van der Waals surface area contributed by atoms with E-state index in [9.17, 15) is 0 Å². The Morgan fingerprint density at radius 3 is 3.15 bits per heavy atom. The number of rotatable bonds is 3. The highest BCUT2D eigenvalue weighted by Crippen LogP contribution is 2.29. The minimum absolute atomic E-state index is 0.685. The van der Waals surface area contributed by atoms with E-state index in [2.05, 4.69) is 4.98 Å². The Labute approximate surface area is 88.9 Å². The van der Waals surface area contributed by atoms with Gasteiger partial charge in [-0.15, -0.1) is 11.3 Å². The van der Waals surface area contributed by atoms with Crippen LogP contribution >= 0.6 is 34.7 Å². The van der Waals surface area contributed by atoms with Crippen LogP contribution in [-0.4, -0.2) is 4.98 Å². The molecule has 0 N–H and O–H groups in total. The van der Waals surface area contributed by atoms with Crippen molar-refractivity contribution in [2.75, 3.05) is 0 Å². The maximum absolute atomic E-state index is 5.93. The summed E-state index contributed by atoms with van der Waals surface area (Å²) in [5, 5.41) is 3.49. The average Bonchev–Trinajstić information content (AvgIpc) is 2.72. The number of hydrogen-bond donors (Lipinski definition) is 0. The van der Waals surface area contributed by atoms with Crippen LogP contribution in [0.2, 0.25) is 5.02 Å². The lowest BCUT2D eigenvalue weighted by molar-refractivity contribution is 0.454. The third-order valence-electron chi connectivity index (χ3n) is 1.43. The molecule has 68 valence electrons. The van der Waals surface area contributed by atoms with Crippen molar-refractivity contribution in [1.82, 2.24) is 4.98 Å². The van der Waals surface area contributed by atoms with Crippen molar-refractivity contribution < 1.29 is 4.42 Å². The van der Waals surface area contributed by atoms with Crippen LogP contribution in [0.4, 0.5) is 0 Å². The van der Waals surface area contributed by atoms with Crippen LogP contribution in [0, 0.1) is 0 Å². The van der Waals surface area contributed by atoms with Crippen molar-refractivity contribution in [2.24, 2.45) is 0 Å². The van der Waals surface area contributed by atoms with Gasteiger partial charge in [-0.1, -0.05) is 23.4 Å². The van der Waals surface area contributed by atoms with Crippen LogP contribution < -0.4 is 0 Å². The van der Waals surface area contributed by atoms with Crippen LogP contribution in [-0.2, 0) is 5.75 Å². The van der Waals surface area contributed by atoms with Crippen molar-refractivity contribution in [3.8, 4) is 0 Å². The molecule has 2 heterocycles. The van der Waals surface area contributed by atoms with Crippen LogP contribution in [0.1, 0.15) is 4.88 Å². The summed E-state index contributed by atoms with van der Waals surface area (Å²) in [4.78, 5) is 5.16.